The third-order valence-electron chi connectivity index (χ3n) is 3.55. The zero-order valence-corrected chi connectivity index (χ0v) is 13.1. The van der Waals surface area contributed by atoms with E-state index >= 15 is 0 Å². The van der Waals surface area contributed by atoms with Crippen LogP contribution in [0.2, 0.25) is 0 Å². The Labute approximate surface area is 132 Å². The Morgan fingerprint density at radius 2 is 1.86 bits per heavy atom. The number of fused-ring (bicyclic) bond motifs is 2. The van der Waals surface area contributed by atoms with Gasteiger partial charge in [0.1, 0.15) is 18.5 Å². The van der Waals surface area contributed by atoms with Crippen LogP contribution in [0.3, 0.4) is 0 Å². The van der Waals surface area contributed by atoms with Crippen LogP contribution < -0.4 is 0 Å². The van der Waals surface area contributed by atoms with Crippen molar-refractivity contribution < 1.29 is 14.6 Å². The number of rotatable bonds is 1. The summed E-state index contributed by atoms with van der Waals surface area (Å²) in [4.78, 5) is 5.13. The lowest BCUT2D eigenvalue weighted by atomic mass is 9.89. The molecule has 1 aromatic carbocycles. The summed E-state index contributed by atoms with van der Waals surface area (Å²) in [5.41, 5.74) is 1.94. The van der Waals surface area contributed by atoms with Gasteiger partial charge in [-0.1, -0.05) is 24.3 Å². The van der Waals surface area contributed by atoms with Crippen molar-refractivity contribution in [3.8, 4) is 10.8 Å². The van der Waals surface area contributed by atoms with Crippen LogP contribution in [0.1, 0.15) is 33.9 Å². The molecular weight excluding hydrogens is 354 g/mol. The van der Waals surface area contributed by atoms with E-state index < -0.39 is 12.2 Å². The van der Waals surface area contributed by atoms with E-state index in [0.717, 1.165) is 10.0 Å². The molecule has 2 aromatic heterocycles. The molecule has 0 amide bonds. The smallest absolute Gasteiger partial charge is 0.163 e. The molecule has 0 saturated carbocycles. The normalized spacial score (nSPS) is 20.1. The first-order chi connectivity index (χ1) is 10.1. The summed E-state index contributed by atoms with van der Waals surface area (Å²) < 4.78 is 6.24. The molecule has 0 aliphatic heterocycles. The van der Waals surface area contributed by atoms with Gasteiger partial charge in [-0.15, -0.1) is 11.3 Å². The highest BCUT2D eigenvalue weighted by Gasteiger charge is 2.34. The van der Waals surface area contributed by atoms with Crippen molar-refractivity contribution in [3.63, 3.8) is 0 Å². The van der Waals surface area contributed by atoms with Crippen molar-refractivity contribution in [1.82, 2.24) is 4.98 Å². The van der Waals surface area contributed by atoms with E-state index in [0.29, 0.717) is 26.9 Å². The van der Waals surface area contributed by atoms with Crippen LogP contribution in [-0.2, 0) is 0 Å². The lowest BCUT2D eigenvalue weighted by molar-refractivity contribution is 0.173. The van der Waals surface area contributed by atoms with Crippen LogP contribution in [0.15, 0.2) is 45.5 Å². The lowest BCUT2D eigenvalue weighted by Crippen LogP contribution is -2.16. The monoisotopic (exact) mass is 363 g/mol. The van der Waals surface area contributed by atoms with Gasteiger partial charge in [-0.25, -0.2) is 4.98 Å². The maximum Gasteiger partial charge on any atom is 0.163 e. The standard InChI is InChI=1S/C15H10BrNO3S/c16-7-5-10(20-6-7)15-17-11-12(18)8-3-1-2-4-9(8)13(19)14(11)21-15/h1-6,12-13,18-19H. The van der Waals surface area contributed by atoms with Crippen molar-refractivity contribution in [1.29, 1.82) is 0 Å². The molecule has 4 rings (SSSR count). The van der Waals surface area contributed by atoms with Gasteiger partial charge in [0.25, 0.3) is 0 Å². The van der Waals surface area contributed by atoms with Crippen LogP contribution in [0.25, 0.3) is 10.8 Å². The Morgan fingerprint density at radius 1 is 1.14 bits per heavy atom. The molecule has 0 saturated heterocycles. The number of aliphatic hydroxyl groups is 2. The van der Waals surface area contributed by atoms with Gasteiger partial charge in [0.2, 0.25) is 0 Å². The highest BCUT2D eigenvalue weighted by Crippen LogP contribution is 2.45. The fraction of sp³-hybridized carbons (Fsp3) is 0.133. The van der Waals surface area contributed by atoms with Crippen LogP contribution >= 0.6 is 27.3 Å². The van der Waals surface area contributed by atoms with E-state index in [4.69, 9.17) is 4.42 Å². The molecule has 0 bridgehead atoms. The molecule has 1 aliphatic carbocycles. The number of aliphatic hydroxyl groups excluding tert-OH is 2. The Kier molecular flexibility index (Phi) is 3.00. The number of hydrogen-bond acceptors (Lipinski definition) is 5. The topological polar surface area (TPSA) is 66.5 Å². The van der Waals surface area contributed by atoms with Gasteiger partial charge in [0.15, 0.2) is 10.8 Å². The number of thiazole rings is 1. The number of benzene rings is 1. The van der Waals surface area contributed by atoms with E-state index in [1.807, 2.05) is 30.3 Å². The number of nitrogens with zero attached hydrogens (tertiary/aromatic N) is 1. The average Bonchev–Trinajstić information content (AvgIpc) is 3.11. The van der Waals surface area contributed by atoms with E-state index in [2.05, 4.69) is 20.9 Å². The Bertz CT molecular complexity index is 779. The highest BCUT2D eigenvalue weighted by atomic mass is 79.9. The third-order valence-corrected chi connectivity index (χ3v) is 5.11. The molecule has 4 nitrogen and oxygen atoms in total. The highest BCUT2D eigenvalue weighted by molar-refractivity contribution is 9.10. The summed E-state index contributed by atoms with van der Waals surface area (Å²) in [5, 5.41) is 21.7. The van der Waals surface area contributed by atoms with Gasteiger partial charge in [-0.2, -0.15) is 0 Å². The Balaban J connectivity index is 1.87. The molecule has 2 heterocycles. The molecule has 106 valence electrons. The quantitative estimate of drug-likeness (QED) is 0.692. The maximum absolute atomic E-state index is 10.5. The molecule has 0 spiro atoms. The molecule has 1 aliphatic rings. The predicted octanol–water partition coefficient (Wildman–Crippen LogP) is 3.64. The largest absolute Gasteiger partial charge is 0.461 e. The molecule has 2 N–H and O–H groups in total. The van der Waals surface area contributed by atoms with Crippen LogP contribution in [0.5, 0.6) is 0 Å². The summed E-state index contributed by atoms with van der Waals surface area (Å²) in [5.74, 6) is 0.615. The first-order valence-electron chi connectivity index (χ1n) is 6.35. The van der Waals surface area contributed by atoms with Crippen molar-refractivity contribution in [2.75, 3.05) is 0 Å². The molecule has 3 aromatic rings. The SMILES string of the molecule is OC1c2ccccc2C(O)c2sc(-c3cc(Br)co3)nc21. The van der Waals surface area contributed by atoms with Crippen LogP contribution in [0, 0.1) is 0 Å². The van der Waals surface area contributed by atoms with Gasteiger partial charge in [0, 0.05) is 6.07 Å². The second-order valence-electron chi connectivity index (χ2n) is 4.83. The molecule has 6 heteroatoms. The van der Waals surface area contributed by atoms with Crippen molar-refractivity contribution in [2.45, 2.75) is 12.2 Å². The maximum atomic E-state index is 10.5. The van der Waals surface area contributed by atoms with Gasteiger partial charge in [-0.05, 0) is 27.1 Å². The molecule has 0 radical (unpaired) electrons. The van der Waals surface area contributed by atoms with E-state index in [1.165, 1.54) is 11.3 Å². The van der Waals surface area contributed by atoms with E-state index in [-0.39, 0.29) is 0 Å². The summed E-state index contributed by atoms with van der Waals surface area (Å²) in [6.45, 7) is 0. The van der Waals surface area contributed by atoms with E-state index in [9.17, 15) is 10.2 Å². The average molecular weight is 364 g/mol. The summed E-state index contributed by atoms with van der Waals surface area (Å²) in [6.07, 6.45) is 0.00407. The fourth-order valence-electron chi connectivity index (χ4n) is 2.56. The van der Waals surface area contributed by atoms with Gasteiger partial charge < -0.3 is 14.6 Å². The minimum absolute atomic E-state index is 0.508. The fourth-order valence-corrected chi connectivity index (χ4v) is 3.93. The number of furan rings is 1. The molecule has 21 heavy (non-hydrogen) atoms. The predicted molar refractivity (Wildman–Crippen MR) is 82.1 cm³/mol. The first kappa shape index (κ1) is 13.2. The molecule has 2 atom stereocenters. The third kappa shape index (κ3) is 1.98. The summed E-state index contributed by atoms with van der Waals surface area (Å²) >= 11 is 4.67. The number of aromatic nitrogens is 1. The number of halogens is 1. The van der Waals surface area contributed by atoms with Gasteiger partial charge >= 0.3 is 0 Å². The molecule has 0 fully saturated rings. The minimum atomic E-state index is -0.817. The molecule has 2 unspecified atom stereocenters. The zero-order valence-electron chi connectivity index (χ0n) is 10.7. The second-order valence-corrected chi connectivity index (χ2v) is 6.78. The van der Waals surface area contributed by atoms with Gasteiger partial charge in [-0.3, -0.25) is 0 Å². The van der Waals surface area contributed by atoms with E-state index in [1.54, 1.807) is 6.26 Å². The number of hydrogen-bond donors (Lipinski definition) is 2. The van der Waals surface area contributed by atoms with Crippen LogP contribution in [-0.4, -0.2) is 15.2 Å². The Morgan fingerprint density at radius 3 is 2.52 bits per heavy atom. The molecular formula is C15H10BrNO3S. The zero-order chi connectivity index (χ0) is 14.6. The van der Waals surface area contributed by atoms with Crippen LogP contribution in [0.4, 0.5) is 0 Å². The Hall–Kier alpha value is -1.47. The first-order valence-corrected chi connectivity index (χ1v) is 7.96. The second kappa shape index (κ2) is 4.78. The van der Waals surface area contributed by atoms with Crippen molar-refractivity contribution in [2.24, 2.45) is 0 Å². The minimum Gasteiger partial charge on any atom is -0.461 e. The summed E-state index contributed by atoms with van der Waals surface area (Å²) in [6, 6.07) is 9.15. The van der Waals surface area contributed by atoms with Crippen molar-refractivity contribution >= 4 is 27.3 Å². The van der Waals surface area contributed by atoms with Crippen molar-refractivity contribution in [3.05, 3.63) is 62.8 Å². The van der Waals surface area contributed by atoms with Gasteiger partial charge in [0.05, 0.1) is 15.0 Å². The summed E-state index contributed by atoms with van der Waals surface area (Å²) in [7, 11) is 0. The lowest BCUT2D eigenvalue weighted by Gasteiger charge is -2.24.